The fourth-order valence-electron chi connectivity index (χ4n) is 5.95. The van der Waals surface area contributed by atoms with Gasteiger partial charge in [0.1, 0.15) is 0 Å². The number of hydrogen-bond acceptors (Lipinski definition) is 4. The predicted molar refractivity (Wildman–Crippen MR) is 99.7 cm³/mol. The fraction of sp³-hybridized carbons (Fsp3) is 0.810. The molecule has 148 valence electrons. The number of carbonyl (C=O) groups is 2. The summed E-state index contributed by atoms with van der Waals surface area (Å²) in [5.74, 6) is -1.15. The Morgan fingerprint density at radius 3 is 2.38 bits per heavy atom. The van der Waals surface area contributed by atoms with Crippen molar-refractivity contribution in [2.75, 3.05) is 7.11 Å². The van der Waals surface area contributed by atoms with Crippen molar-refractivity contribution in [3.05, 3.63) is 12.7 Å². The molecule has 2 aliphatic rings. The van der Waals surface area contributed by atoms with Gasteiger partial charge < -0.3 is 14.6 Å². The highest BCUT2D eigenvalue weighted by molar-refractivity contribution is 5.76. The second-order valence-electron chi connectivity index (χ2n) is 9.40. The lowest BCUT2D eigenvalue weighted by atomic mass is 9.47. The average molecular weight is 366 g/mol. The molecule has 1 saturated carbocycles. The van der Waals surface area contributed by atoms with Gasteiger partial charge in [-0.05, 0) is 70.6 Å². The maximum Gasteiger partial charge on any atom is 0.311 e. The summed E-state index contributed by atoms with van der Waals surface area (Å²) >= 11 is 0. The quantitative estimate of drug-likeness (QED) is 0.583. The lowest BCUT2D eigenvalue weighted by molar-refractivity contribution is -0.247. The highest BCUT2D eigenvalue weighted by Crippen LogP contribution is 2.62. The third kappa shape index (κ3) is 3.30. The van der Waals surface area contributed by atoms with E-state index in [1.807, 2.05) is 33.8 Å². The predicted octanol–water partition coefficient (Wildman–Crippen LogP) is 4.21. The first-order valence-electron chi connectivity index (χ1n) is 9.48. The molecule has 0 bridgehead atoms. The molecule has 5 heteroatoms. The summed E-state index contributed by atoms with van der Waals surface area (Å²) in [5, 5.41) is 9.66. The third-order valence-corrected chi connectivity index (χ3v) is 7.20. The molecule has 1 saturated heterocycles. The van der Waals surface area contributed by atoms with Gasteiger partial charge in [0.2, 0.25) is 0 Å². The molecule has 1 N–H and O–H groups in total. The number of methoxy groups -OCH3 is 1. The summed E-state index contributed by atoms with van der Waals surface area (Å²) in [6.45, 7) is 13.8. The van der Waals surface area contributed by atoms with E-state index in [0.29, 0.717) is 0 Å². The van der Waals surface area contributed by atoms with Crippen molar-refractivity contribution in [1.82, 2.24) is 0 Å². The SMILES string of the molecule is C=C[C@@]1(C)CC[C@H]2[C@](C)(CC(=O)O)[C@@H](C(C)(C)C(=O)OC)CC[C@]2(C)O1. The van der Waals surface area contributed by atoms with Gasteiger partial charge in [-0.2, -0.15) is 0 Å². The largest absolute Gasteiger partial charge is 0.481 e. The van der Waals surface area contributed by atoms with Crippen LogP contribution in [-0.2, 0) is 19.1 Å². The molecule has 5 nitrogen and oxygen atoms in total. The van der Waals surface area contributed by atoms with E-state index < -0.39 is 22.4 Å². The summed E-state index contributed by atoms with van der Waals surface area (Å²) in [7, 11) is 1.39. The van der Waals surface area contributed by atoms with Gasteiger partial charge in [0.15, 0.2) is 0 Å². The Hall–Kier alpha value is -1.36. The molecule has 26 heavy (non-hydrogen) atoms. The van der Waals surface area contributed by atoms with E-state index in [-0.39, 0.29) is 29.8 Å². The Bertz CT molecular complexity index is 597. The molecule has 0 radical (unpaired) electrons. The van der Waals surface area contributed by atoms with Crippen molar-refractivity contribution in [3.63, 3.8) is 0 Å². The third-order valence-electron chi connectivity index (χ3n) is 7.20. The van der Waals surface area contributed by atoms with E-state index in [9.17, 15) is 14.7 Å². The Balaban J connectivity index is 2.49. The normalized spacial score (nSPS) is 40.4. The van der Waals surface area contributed by atoms with Crippen molar-refractivity contribution in [2.45, 2.75) is 77.9 Å². The summed E-state index contributed by atoms with van der Waals surface area (Å²) in [5.41, 5.74) is -2.12. The molecule has 2 rings (SSSR count). The van der Waals surface area contributed by atoms with Crippen LogP contribution >= 0.6 is 0 Å². The van der Waals surface area contributed by atoms with Crippen LogP contribution in [0, 0.1) is 22.7 Å². The van der Waals surface area contributed by atoms with Crippen LogP contribution in [0.2, 0.25) is 0 Å². The number of hydrogen-bond donors (Lipinski definition) is 1. The number of fused-ring (bicyclic) bond motifs is 1. The monoisotopic (exact) mass is 366 g/mol. The Kier molecular flexibility index (Phi) is 5.37. The summed E-state index contributed by atoms with van der Waals surface area (Å²) in [4.78, 5) is 24.3. The van der Waals surface area contributed by atoms with Gasteiger partial charge in [0, 0.05) is 0 Å². The van der Waals surface area contributed by atoms with Crippen LogP contribution < -0.4 is 0 Å². The lowest BCUT2D eigenvalue weighted by Crippen LogP contribution is -2.62. The molecule has 0 aromatic rings. The van der Waals surface area contributed by atoms with Gasteiger partial charge in [-0.25, -0.2) is 0 Å². The molecule has 0 unspecified atom stereocenters. The van der Waals surface area contributed by atoms with E-state index in [4.69, 9.17) is 9.47 Å². The zero-order valence-electron chi connectivity index (χ0n) is 17.1. The standard InChI is InChI=1S/C21H34O5/c1-8-19(4)11-9-15-20(5,13-16(22)23)14(10-12-21(15,6)26-19)18(2,3)17(24)25-7/h8,14-15H,1,9-13H2,2-7H3,(H,22,23)/t14-,15+,19+,20-,21+/m1/s1. The van der Waals surface area contributed by atoms with E-state index in [1.54, 1.807) is 0 Å². The van der Waals surface area contributed by atoms with Gasteiger partial charge in [0.05, 0.1) is 30.1 Å². The zero-order chi connectivity index (χ0) is 20.0. The van der Waals surface area contributed by atoms with Crippen LogP contribution in [-0.4, -0.2) is 35.4 Å². The fourth-order valence-corrected chi connectivity index (χ4v) is 5.95. The molecule has 1 aliphatic heterocycles. The smallest absolute Gasteiger partial charge is 0.311 e. The van der Waals surface area contributed by atoms with Crippen LogP contribution in [0.1, 0.15) is 66.7 Å². The van der Waals surface area contributed by atoms with Crippen molar-refractivity contribution >= 4 is 11.9 Å². The molecule has 2 fully saturated rings. The highest BCUT2D eigenvalue weighted by Gasteiger charge is 2.62. The minimum Gasteiger partial charge on any atom is -0.481 e. The molecule has 0 amide bonds. The summed E-state index contributed by atoms with van der Waals surface area (Å²) < 4.78 is 11.6. The van der Waals surface area contributed by atoms with Crippen molar-refractivity contribution in [1.29, 1.82) is 0 Å². The van der Waals surface area contributed by atoms with Gasteiger partial charge in [-0.15, -0.1) is 6.58 Å². The molecule has 0 aromatic carbocycles. The maximum atomic E-state index is 12.5. The van der Waals surface area contributed by atoms with Crippen molar-refractivity contribution in [2.24, 2.45) is 22.7 Å². The Labute approximate surface area is 157 Å². The van der Waals surface area contributed by atoms with Crippen LogP contribution in [0.15, 0.2) is 12.7 Å². The van der Waals surface area contributed by atoms with E-state index >= 15 is 0 Å². The molecule has 5 atom stereocenters. The van der Waals surface area contributed by atoms with Gasteiger partial charge in [-0.3, -0.25) is 9.59 Å². The Morgan fingerprint density at radius 2 is 1.88 bits per heavy atom. The van der Waals surface area contributed by atoms with Gasteiger partial charge in [-0.1, -0.05) is 13.0 Å². The topological polar surface area (TPSA) is 72.8 Å². The summed E-state index contributed by atoms with van der Waals surface area (Å²) in [6.07, 6.45) is 5.06. The molecular weight excluding hydrogens is 332 g/mol. The van der Waals surface area contributed by atoms with Crippen molar-refractivity contribution in [3.8, 4) is 0 Å². The molecule has 0 aromatic heterocycles. The minimum atomic E-state index is -0.834. The number of carboxylic acid groups (broad SMARTS) is 1. The lowest BCUT2D eigenvalue weighted by Gasteiger charge is -2.62. The highest BCUT2D eigenvalue weighted by atomic mass is 16.5. The van der Waals surface area contributed by atoms with Crippen molar-refractivity contribution < 1.29 is 24.2 Å². The van der Waals surface area contributed by atoms with Crippen LogP contribution in [0.5, 0.6) is 0 Å². The first-order chi connectivity index (χ1) is 11.8. The van der Waals surface area contributed by atoms with Crippen LogP contribution in [0.25, 0.3) is 0 Å². The van der Waals surface area contributed by atoms with Gasteiger partial charge >= 0.3 is 11.9 Å². The summed E-state index contributed by atoms with van der Waals surface area (Å²) in [6, 6.07) is 0. The number of carbonyl (C=O) groups excluding carboxylic acids is 1. The van der Waals surface area contributed by atoms with E-state index in [2.05, 4.69) is 13.5 Å². The second kappa shape index (κ2) is 6.66. The number of esters is 1. The number of carboxylic acids is 1. The minimum absolute atomic E-state index is 0.0203. The van der Waals surface area contributed by atoms with E-state index in [1.165, 1.54) is 7.11 Å². The number of aliphatic carboxylic acids is 1. The Morgan fingerprint density at radius 1 is 1.27 bits per heavy atom. The van der Waals surface area contributed by atoms with Crippen LogP contribution in [0.4, 0.5) is 0 Å². The molecule has 0 spiro atoms. The first kappa shape index (κ1) is 20.9. The van der Waals surface area contributed by atoms with Crippen LogP contribution in [0.3, 0.4) is 0 Å². The molecular formula is C21H34O5. The number of rotatable bonds is 5. The average Bonchev–Trinajstić information content (AvgIpc) is 2.52. The number of ether oxygens (including phenoxy) is 2. The molecule has 1 heterocycles. The second-order valence-corrected chi connectivity index (χ2v) is 9.40. The van der Waals surface area contributed by atoms with Gasteiger partial charge in [0.25, 0.3) is 0 Å². The van der Waals surface area contributed by atoms with E-state index in [0.717, 1.165) is 25.7 Å². The first-order valence-corrected chi connectivity index (χ1v) is 9.48. The maximum absolute atomic E-state index is 12.5. The zero-order valence-corrected chi connectivity index (χ0v) is 17.1. The molecule has 1 aliphatic carbocycles.